The average molecular weight is 801 g/mol. The van der Waals surface area contributed by atoms with Crippen LogP contribution < -0.4 is 16.0 Å². The highest BCUT2D eigenvalue weighted by Gasteiger charge is 2.39. The largest absolute Gasteiger partial charge is 0.444 e. The molecule has 15 nitrogen and oxygen atoms in total. The summed E-state index contributed by atoms with van der Waals surface area (Å²) in [5.41, 5.74) is 3.41. The number of nitrogen functional groups attached to an aromatic ring is 1. The van der Waals surface area contributed by atoms with Crippen LogP contribution in [0.25, 0.3) is 5.57 Å². The molecule has 4 N–H and O–H groups in total. The first-order valence-electron chi connectivity index (χ1n) is 17.7. The molecule has 0 radical (unpaired) electrons. The maximum atomic E-state index is 13.8. The topological polar surface area (TPSA) is 183 Å². The number of piperazine rings is 1. The Morgan fingerprint density at radius 3 is 2.18 bits per heavy atom. The number of piperidine rings is 1. The summed E-state index contributed by atoms with van der Waals surface area (Å²) in [6.07, 6.45) is -0.889. The van der Waals surface area contributed by atoms with Crippen LogP contribution >= 0.6 is 11.6 Å². The maximum absolute atomic E-state index is 13.8. The predicted molar refractivity (Wildman–Crippen MR) is 204 cm³/mol. The zero-order chi connectivity index (χ0) is 41.1. The van der Waals surface area contributed by atoms with Crippen molar-refractivity contribution in [1.29, 1.82) is 5.41 Å². The van der Waals surface area contributed by atoms with E-state index < -0.39 is 35.1 Å². The lowest BCUT2D eigenvalue weighted by Crippen LogP contribution is -2.53. The van der Waals surface area contributed by atoms with Crippen LogP contribution in [0.5, 0.6) is 0 Å². The molecule has 2 fully saturated rings. The highest BCUT2D eigenvalue weighted by atomic mass is 35.5. The quantitative estimate of drug-likeness (QED) is 0.255. The number of amides is 4. The molecule has 0 bridgehead atoms. The normalized spacial score (nSPS) is 15.7. The number of likely N-dealkylation sites (tertiary alicyclic amines) is 1. The second kappa shape index (κ2) is 16.6. The molecule has 300 valence electrons. The molecule has 5 rings (SSSR count). The van der Waals surface area contributed by atoms with Crippen molar-refractivity contribution in [3.63, 3.8) is 0 Å². The highest BCUT2D eigenvalue weighted by molar-refractivity contribution is 6.34. The van der Waals surface area contributed by atoms with Crippen LogP contribution in [-0.2, 0) is 16.6 Å². The van der Waals surface area contributed by atoms with Gasteiger partial charge in [0.15, 0.2) is 5.82 Å². The Bertz CT molecular complexity index is 2010. The highest BCUT2D eigenvalue weighted by Crippen LogP contribution is 2.30. The molecule has 56 heavy (non-hydrogen) atoms. The number of carbonyl (C=O) groups excluding carboxylic acids is 4. The molecular weight excluding hydrogens is 757 g/mol. The molecule has 0 unspecified atom stereocenters. The number of pyridine rings is 1. The van der Waals surface area contributed by atoms with Gasteiger partial charge < -0.3 is 40.0 Å². The van der Waals surface area contributed by atoms with Gasteiger partial charge in [-0.05, 0) is 63.9 Å². The van der Waals surface area contributed by atoms with E-state index in [1.165, 1.54) is 55.5 Å². The SMILES string of the molecule is CN(/C=C(\C(=N)C(F)(F)F)c1cnc(C(=O)Nc2ccc(C(=O)N3CCN(C(=O)C4CCN(C(=O)OC(C)(C)C)CC4)CC3)c(Cl)c2)n1C)c1ccc(N)cn1. The summed E-state index contributed by atoms with van der Waals surface area (Å²) in [6, 6.07) is 7.31. The van der Waals surface area contributed by atoms with Crippen molar-refractivity contribution in [3.05, 3.63) is 71.0 Å². The Hall–Kier alpha value is -5.65. The van der Waals surface area contributed by atoms with Gasteiger partial charge in [0.05, 0.1) is 34.4 Å². The van der Waals surface area contributed by atoms with Gasteiger partial charge in [0.2, 0.25) is 5.91 Å². The number of hydrogen-bond acceptors (Lipinski definition) is 10. The average Bonchev–Trinajstić information content (AvgIpc) is 3.53. The maximum Gasteiger partial charge on any atom is 0.433 e. The summed E-state index contributed by atoms with van der Waals surface area (Å²) in [7, 11) is 2.79. The van der Waals surface area contributed by atoms with Crippen LogP contribution in [0.15, 0.2) is 48.9 Å². The van der Waals surface area contributed by atoms with Gasteiger partial charge in [-0.3, -0.25) is 19.8 Å². The van der Waals surface area contributed by atoms with Gasteiger partial charge in [0, 0.05) is 76.7 Å². The van der Waals surface area contributed by atoms with Crippen LogP contribution in [0.2, 0.25) is 5.02 Å². The fourth-order valence-corrected chi connectivity index (χ4v) is 6.56. The Morgan fingerprint density at radius 2 is 1.61 bits per heavy atom. The van der Waals surface area contributed by atoms with Gasteiger partial charge in [-0.25, -0.2) is 14.8 Å². The van der Waals surface area contributed by atoms with Crippen molar-refractivity contribution in [3.8, 4) is 0 Å². The molecule has 19 heteroatoms. The van der Waals surface area contributed by atoms with Crippen LogP contribution in [0, 0.1) is 11.3 Å². The molecule has 2 saturated heterocycles. The number of halogens is 4. The molecule has 0 spiro atoms. The standard InChI is InChI=1S/C37H44ClF3N10O5/c1-36(2,3)56-35(55)51-12-10-22(11-13-51)33(53)49-14-16-50(17-15-49)34(54)25-8-7-24(18-27(25)38)46-32(52)31-45-20-28(48(31)5)26(30(43)37(39,40)41)21-47(4)29-9-6-23(42)19-44-29/h6-9,18-22,43H,10-17,42H2,1-5H3,(H,46,52)/b26-21-,43-30?. The molecule has 0 saturated carbocycles. The first kappa shape index (κ1) is 41.5. The van der Waals surface area contributed by atoms with E-state index in [0.29, 0.717) is 44.7 Å². The number of ether oxygens (including phenoxy) is 1. The monoisotopic (exact) mass is 800 g/mol. The molecule has 4 amide bonds. The zero-order valence-electron chi connectivity index (χ0n) is 31.6. The number of nitrogens with two attached hydrogens (primary N) is 1. The van der Waals surface area contributed by atoms with Crippen LogP contribution in [0.3, 0.4) is 0 Å². The smallest absolute Gasteiger partial charge is 0.433 e. The third-order valence-electron chi connectivity index (χ3n) is 9.31. The number of imidazole rings is 1. The minimum atomic E-state index is -5.02. The fourth-order valence-electron chi connectivity index (χ4n) is 6.30. The number of alkyl halides is 3. The fraction of sp³-hybridized carbons (Fsp3) is 0.432. The molecule has 2 aliphatic heterocycles. The van der Waals surface area contributed by atoms with E-state index in [9.17, 15) is 32.3 Å². The number of nitrogens with one attached hydrogen (secondary N) is 2. The van der Waals surface area contributed by atoms with Crippen molar-refractivity contribution < 1.29 is 37.1 Å². The summed E-state index contributed by atoms with van der Waals surface area (Å²) in [4.78, 5) is 66.8. The van der Waals surface area contributed by atoms with E-state index in [1.54, 1.807) is 35.5 Å². The Labute approximate surface area is 326 Å². The summed E-state index contributed by atoms with van der Waals surface area (Å²) in [6.45, 7) is 7.50. The van der Waals surface area contributed by atoms with Gasteiger partial charge in [0.1, 0.15) is 17.1 Å². The Balaban J connectivity index is 1.19. The summed E-state index contributed by atoms with van der Waals surface area (Å²) < 4.78 is 48.0. The number of allylic oxidation sites excluding steroid dienone is 1. The van der Waals surface area contributed by atoms with Crippen molar-refractivity contribution in [2.45, 2.75) is 45.4 Å². The lowest BCUT2D eigenvalue weighted by molar-refractivity contribution is -0.138. The second-order valence-electron chi connectivity index (χ2n) is 14.5. The number of rotatable bonds is 8. The number of nitrogens with zero attached hydrogens (tertiary/aromatic N) is 7. The van der Waals surface area contributed by atoms with E-state index in [4.69, 9.17) is 27.5 Å². The third-order valence-corrected chi connectivity index (χ3v) is 9.62. The Morgan fingerprint density at radius 1 is 0.964 bits per heavy atom. The molecule has 2 aromatic heterocycles. The minimum Gasteiger partial charge on any atom is -0.444 e. The van der Waals surface area contributed by atoms with Crippen LogP contribution in [-0.4, -0.2) is 117 Å². The minimum absolute atomic E-state index is 0.00689. The van der Waals surface area contributed by atoms with Crippen molar-refractivity contribution in [2.75, 3.05) is 62.3 Å². The van der Waals surface area contributed by atoms with Gasteiger partial charge in [-0.15, -0.1) is 0 Å². The van der Waals surface area contributed by atoms with Gasteiger partial charge in [-0.1, -0.05) is 11.6 Å². The van der Waals surface area contributed by atoms with E-state index >= 15 is 0 Å². The molecule has 4 heterocycles. The molecule has 3 aromatic rings. The summed E-state index contributed by atoms with van der Waals surface area (Å²) in [5, 5.41) is 10.6. The van der Waals surface area contributed by atoms with Gasteiger partial charge in [-0.2, -0.15) is 13.2 Å². The molecule has 0 aliphatic carbocycles. The Kier molecular flexibility index (Phi) is 12.3. The number of hydrogen-bond donors (Lipinski definition) is 3. The lowest BCUT2D eigenvalue weighted by Gasteiger charge is -2.38. The molecular formula is C37H44ClF3N10O5. The number of aromatic nitrogens is 3. The first-order chi connectivity index (χ1) is 26.2. The van der Waals surface area contributed by atoms with Crippen molar-refractivity contribution in [2.24, 2.45) is 13.0 Å². The van der Waals surface area contributed by atoms with Crippen LogP contribution in [0.1, 0.15) is 60.3 Å². The van der Waals surface area contributed by atoms with Crippen LogP contribution in [0.4, 0.5) is 35.2 Å². The second-order valence-corrected chi connectivity index (χ2v) is 14.9. The first-order valence-corrected chi connectivity index (χ1v) is 18.1. The van der Waals surface area contributed by atoms with E-state index in [-0.39, 0.29) is 64.4 Å². The van der Waals surface area contributed by atoms with E-state index in [2.05, 4.69) is 15.3 Å². The van der Waals surface area contributed by atoms with E-state index in [0.717, 1.165) is 17.0 Å². The predicted octanol–water partition coefficient (Wildman–Crippen LogP) is 5.29. The zero-order valence-corrected chi connectivity index (χ0v) is 32.4. The molecule has 0 atom stereocenters. The summed E-state index contributed by atoms with van der Waals surface area (Å²) >= 11 is 6.51. The number of carbonyl (C=O) groups is 4. The third kappa shape index (κ3) is 9.77. The molecule has 2 aliphatic rings. The lowest BCUT2D eigenvalue weighted by atomic mass is 9.95. The molecule has 1 aromatic carbocycles. The van der Waals surface area contributed by atoms with Gasteiger partial charge in [0.25, 0.3) is 11.8 Å². The van der Waals surface area contributed by atoms with Crippen molar-refractivity contribution in [1.82, 2.24) is 29.2 Å². The number of anilines is 3. The van der Waals surface area contributed by atoms with Crippen molar-refractivity contribution >= 4 is 63.9 Å². The summed E-state index contributed by atoms with van der Waals surface area (Å²) in [5.74, 6) is -1.37. The van der Waals surface area contributed by atoms with Gasteiger partial charge >= 0.3 is 12.3 Å². The van der Waals surface area contributed by atoms with E-state index in [1.807, 2.05) is 0 Å². The number of benzene rings is 1.